The van der Waals surface area contributed by atoms with Gasteiger partial charge in [0.05, 0.1) is 5.70 Å². The molecular weight excluding hydrogens is 216 g/mol. The quantitative estimate of drug-likeness (QED) is 0.278. The molecule has 0 radical (unpaired) electrons. The number of carbonyl (C=O) groups excluding carboxylic acids is 2. The predicted octanol–water partition coefficient (Wildman–Crippen LogP) is 1.45. The molecule has 0 bridgehead atoms. The zero-order valence-corrected chi connectivity index (χ0v) is 11.1. The molecule has 0 heterocycles. The number of allylic oxidation sites excluding steroid dienone is 2. The molecule has 0 aromatic carbocycles. The Morgan fingerprint density at radius 2 is 1.76 bits per heavy atom. The van der Waals surface area contributed by atoms with E-state index in [4.69, 9.17) is 0 Å². The number of hydrogen-bond acceptors (Lipinski definition) is 4. The first-order chi connectivity index (χ1) is 8.02. The van der Waals surface area contributed by atoms with Crippen LogP contribution in [0.1, 0.15) is 19.3 Å². The first-order valence-corrected chi connectivity index (χ1v) is 5.66. The van der Waals surface area contributed by atoms with Gasteiger partial charge in [0.2, 0.25) is 0 Å². The van der Waals surface area contributed by atoms with Gasteiger partial charge in [0.25, 0.3) is 0 Å². The lowest BCUT2D eigenvalue weighted by atomic mass is 10.0. The minimum Gasteiger partial charge on any atom is -0.382 e. The predicted molar refractivity (Wildman–Crippen MR) is 69.5 cm³/mol. The lowest BCUT2D eigenvalue weighted by Crippen LogP contribution is -2.17. The summed E-state index contributed by atoms with van der Waals surface area (Å²) in [7, 11) is 7.75. The van der Waals surface area contributed by atoms with E-state index in [1.165, 1.54) is 0 Å². The molecule has 0 fully saturated rings. The van der Waals surface area contributed by atoms with E-state index >= 15 is 0 Å². The lowest BCUT2D eigenvalue weighted by molar-refractivity contribution is -0.108. The molecule has 0 aliphatic rings. The Hall–Kier alpha value is -1.58. The highest BCUT2D eigenvalue weighted by Gasteiger charge is 2.07. The maximum atomic E-state index is 10.7. The van der Waals surface area contributed by atoms with Crippen LogP contribution in [-0.4, -0.2) is 50.6 Å². The van der Waals surface area contributed by atoms with Gasteiger partial charge in [0, 0.05) is 40.8 Å². The zero-order valence-electron chi connectivity index (χ0n) is 11.1. The molecule has 0 aliphatic heterocycles. The Morgan fingerprint density at radius 3 is 2.18 bits per heavy atom. The van der Waals surface area contributed by atoms with Crippen LogP contribution in [0.5, 0.6) is 0 Å². The summed E-state index contributed by atoms with van der Waals surface area (Å²) in [6.07, 6.45) is 7.26. The van der Waals surface area contributed by atoms with E-state index in [9.17, 15) is 9.59 Å². The van der Waals surface area contributed by atoms with Crippen molar-refractivity contribution >= 4 is 12.6 Å². The van der Waals surface area contributed by atoms with Gasteiger partial charge in [-0.1, -0.05) is 0 Å². The van der Waals surface area contributed by atoms with Gasteiger partial charge in [-0.15, -0.1) is 0 Å². The minimum atomic E-state index is 0.527. The van der Waals surface area contributed by atoms with Gasteiger partial charge in [0.1, 0.15) is 12.6 Å². The van der Waals surface area contributed by atoms with Gasteiger partial charge in [-0.2, -0.15) is 0 Å². The number of rotatable bonds is 8. The molecule has 0 rings (SSSR count). The largest absolute Gasteiger partial charge is 0.382 e. The normalized spacial score (nSPS) is 12.2. The molecule has 0 amide bonds. The summed E-state index contributed by atoms with van der Waals surface area (Å²) >= 11 is 0. The summed E-state index contributed by atoms with van der Waals surface area (Å²) in [5, 5.41) is 0. The Bertz CT molecular complexity index is 305. The SMILES string of the molecule is CN(C)/C=C(\C(=C/C=O)CCCC=O)N(C)C. The van der Waals surface area contributed by atoms with Crippen molar-refractivity contribution < 1.29 is 9.59 Å². The summed E-state index contributed by atoms with van der Waals surface area (Å²) in [6.45, 7) is 0. The van der Waals surface area contributed by atoms with Crippen LogP contribution in [0.4, 0.5) is 0 Å². The summed E-state index contributed by atoms with van der Waals surface area (Å²) in [5.74, 6) is 0. The van der Waals surface area contributed by atoms with Crippen LogP contribution >= 0.6 is 0 Å². The van der Waals surface area contributed by atoms with Crippen molar-refractivity contribution in [1.82, 2.24) is 9.80 Å². The van der Waals surface area contributed by atoms with Crippen molar-refractivity contribution in [3.63, 3.8) is 0 Å². The Balaban J connectivity index is 4.91. The Labute approximate surface area is 104 Å². The van der Waals surface area contributed by atoms with Crippen LogP contribution in [0.3, 0.4) is 0 Å². The van der Waals surface area contributed by atoms with Crippen LogP contribution in [-0.2, 0) is 9.59 Å². The number of likely N-dealkylation sites (N-methyl/N-ethyl adjacent to an activating group) is 1. The van der Waals surface area contributed by atoms with E-state index in [1.807, 2.05) is 44.2 Å². The monoisotopic (exact) mass is 238 g/mol. The van der Waals surface area contributed by atoms with E-state index in [-0.39, 0.29) is 0 Å². The van der Waals surface area contributed by atoms with Crippen molar-refractivity contribution in [3.05, 3.63) is 23.5 Å². The van der Waals surface area contributed by atoms with Crippen molar-refractivity contribution in [1.29, 1.82) is 0 Å². The third-order valence-corrected chi connectivity index (χ3v) is 2.23. The minimum absolute atomic E-state index is 0.527. The average molecular weight is 238 g/mol. The fourth-order valence-corrected chi connectivity index (χ4v) is 1.48. The molecule has 0 aliphatic carbocycles. The highest BCUT2D eigenvalue weighted by Crippen LogP contribution is 2.18. The first kappa shape index (κ1) is 15.4. The topological polar surface area (TPSA) is 40.6 Å². The third kappa shape index (κ3) is 6.56. The van der Waals surface area contributed by atoms with Gasteiger partial charge in [-0.3, -0.25) is 4.79 Å². The molecular formula is C13H22N2O2. The maximum Gasteiger partial charge on any atom is 0.143 e. The second kappa shape index (κ2) is 8.56. The molecule has 0 spiro atoms. The second-order valence-electron chi connectivity index (χ2n) is 4.26. The smallest absolute Gasteiger partial charge is 0.143 e. The number of aldehydes is 2. The van der Waals surface area contributed by atoms with Crippen molar-refractivity contribution in [2.24, 2.45) is 0 Å². The van der Waals surface area contributed by atoms with Gasteiger partial charge in [-0.05, 0) is 24.5 Å². The molecule has 17 heavy (non-hydrogen) atoms. The van der Waals surface area contributed by atoms with Crippen LogP contribution < -0.4 is 0 Å². The molecule has 0 unspecified atom stereocenters. The van der Waals surface area contributed by atoms with Gasteiger partial charge in [0.15, 0.2) is 0 Å². The number of unbranched alkanes of at least 4 members (excludes halogenated alkanes) is 1. The van der Waals surface area contributed by atoms with Gasteiger partial charge < -0.3 is 14.6 Å². The molecule has 0 saturated carbocycles. The summed E-state index contributed by atoms with van der Waals surface area (Å²) in [4.78, 5) is 24.9. The molecule has 4 nitrogen and oxygen atoms in total. The highest BCUT2D eigenvalue weighted by atomic mass is 16.1. The van der Waals surface area contributed by atoms with Crippen LogP contribution in [0.25, 0.3) is 0 Å². The van der Waals surface area contributed by atoms with E-state index in [0.29, 0.717) is 6.42 Å². The standard InChI is InChI=1S/C13H22N2O2/c1-14(2)11-13(15(3)4)12(8-10-17)7-5-6-9-16/h8-11H,5-7H2,1-4H3/b12-8-,13-11+. The molecule has 0 saturated heterocycles. The number of carbonyl (C=O) groups is 2. The van der Waals surface area contributed by atoms with Crippen LogP contribution in [0.15, 0.2) is 23.5 Å². The Kier molecular flexibility index (Phi) is 7.76. The summed E-state index contributed by atoms with van der Waals surface area (Å²) in [5.41, 5.74) is 1.95. The van der Waals surface area contributed by atoms with Crippen molar-refractivity contribution in [2.45, 2.75) is 19.3 Å². The second-order valence-corrected chi connectivity index (χ2v) is 4.26. The van der Waals surface area contributed by atoms with E-state index in [1.54, 1.807) is 6.08 Å². The fourth-order valence-electron chi connectivity index (χ4n) is 1.48. The summed E-state index contributed by atoms with van der Waals surface area (Å²) in [6, 6.07) is 0. The van der Waals surface area contributed by atoms with Gasteiger partial charge in [-0.25, -0.2) is 0 Å². The molecule has 4 heteroatoms. The molecule has 0 N–H and O–H groups in total. The van der Waals surface area contributed by atoms with Crippen LogP contribution in [0.2, 0.25) is 0 Å². The van der Waals surface area contributed by atoms with Gasteiger partial charge >= 0.3 is 0 Å². The van der Waals surface area contributed by atoms with E-state index in [2.05, 4.69) is 0 Å². The maximum absolute atomic E-state index is 10.7. The molecule has 0 aromatic heterocycles. The highest BCUT2D eigenvalue weighted by molar-refractivity contribution is 5.68. The third-order valence-electron chi connectivity index (χ3n) is 2.23. The fraction of sp³-hybridized carbons (Fsp3) is 0.538. The zero-order chi connectivity index (χ0) is 13.3. The average Bonchev–Trinajstić information content (AvgIpc) is 2.24. The van der Waals surface area contributed by atoms with Crippen molar-refractivity contribution in [3.8, 4) is 0 Å². The van der Waals surface area contributed by atoms with Crippen molar-refractivity contribution in [2.75, 3.05) is 28.2 Å². The molecule has 0 atom stereocenters. The summed E-state index contributed by atoms with van der Waals surface area (Å²) < 4.78 is 0. The lowest BCUT2D eigenvalue weighted by Gasteiger charge is -2.22. The van der Waals surface area contributed by atoms with E-state index < -0.39 is 0 Å². The molecule has 96 valence electrons. The number of nitrogens with zero attached hydrogens (tertiary/aromatic N) is 2. The Morgan fingerprint density at radius 1 is 1.12 bits per heavy atom. The van der Waals surface area contributed by atoms with E-state index in [0.717, 1.165) is 36.7 Å². The first-order valence-electron chi connectivity index (χ1n) is 5.66. The van der Waals surface area contributed by atoms with Crippen LogP contribution in [0, 0.1) is 0 Å². The number of hydrogen-bond donors (Lipinski definition) is 0. The molecule has 0 aromatic rings.